The molecule has 0 saturated heterocycles. The number of hydrogen-bond acceptors (Lipinski definition) is 2. The second-order valence-electron chi connectivity index (χ2n) is 6.94. The van der Waals surface area contributed by atoms with Gasteiger partial charge in [0.15, 0.2) is 0 Å². The summed E-state index contributed by atoms with van der Waals surface area (Å²) in [6, 6.07) is 19.5. The predicted molar refractivity (Wildman–Crippen MR) is 110 cm³/mol. The Labute approximate surface area is 157 Å². The maximum absolute atomic E-state index is 5.22. The van der Waals surface area contributed by atoms with Gasteiger partial charge in [-0.25, -0.2) is 0 Å². The second kappa shape index (κ2) is 9.96. The lowest BCUT2D eigenvalue weighted by Gasteiger charge is -2.03. The molecule has 1 atom stereocenters. The molecule has 0 aliphatic carbocycles. The van der Waals surface area contributed by atoms with Gasteiger partial charge < -0.3 is 4.74 Å². The Morgan fingerprint density at radius 1 is 1.00 bits per heavy atom. The molecule has 136 valence electrons. The van der Waals surface area contributed by atoms with Crippen molar-refractivity contribution in [3.63, 3.8) is 0 Å². The van der Waals surface area contributed by atoms with Gasteiger partial charge in [-0.05, 0) is 80.3 Å². The molecular weight excluding hydrogens is 318 g/mol. The minimum Gasteiger partial charge on any atom is -0.497 e. The zero-order chi connectivity index (χ0) is 18.0. The van der Waals surface area contributed by atoms with Gasteiger partial charge in [0.1, 0.15) is 5.75 Å². The summed E-state index contributed by atoms with van der Waals surface area (Å²) >= 11 is 0. The van der Waals surface area contributed by atoms with E-state index in [4.69, 9.17) is 9.73 Å². The standard InChI is InChI=1S/C24H29NO/c1-26-23-17-14-21(15-18-23)24-19-16-22(25-24)13-9-4-2-3-6-10-20-11-7-5-8-12-20/h4-5,7-9,11-12,14-15,17-18,22H,2-3,6,10,13,16,19H2,1H3. The fourth-order valence-electron chi connectivity index (χ4n) is 3.43. The molecule has 2 heteroatoms. The molecule has 0 aromatic heterocycles. The maximum Gasteiger partial charge on any atom is 0.118 e. The molecule has 0 radical (unpaired) electrons. The van der Waals surface area contributed by atoms with Crippen molar-refractivity contribution in [1.29, 1.82) is 0 Å². The fraction of sp³-hybridized carbons (Fsp3) is 0.375. The zero-order valence-electron chi connectivity index (χ0n) is 15.7. The Kier molecular flexibility index (Phi) is 7.06. The van der Waals surface area contributed by atoms with Crippen molar-refractivity contribution < 1.29 is 4.74 Å². The Morgan fingerprint density at radius 2 is 1.81 bits per heavy atom. The SMILES string of the molecule is COc1ccc(C2=NC(CC=CCCCCc3ccccc3)CC2)cc1. The van der Waals surface area contributed by atoms with Gasteiger partial charge in [0, 0.05) is 5.71 Å². The number of benzene rings is 2. The van der Waals surface area contributed by atoms with E-state index in [0.29, 0.717) is 6.04 Å². The van der Waals surface area contributed by atoms with Crippen molar-refractivity contribution >= 4 is 5.71 Å². The molecule has 26 heavy (non-hydrogen) atoms. The molecule has 0 N–H and O–H groups in total. The van der Waals surface area contributed by atoms with Gasteiger partial charge in [-0.1, -0.05) is 42.5 Å². The van der Waals surface area contributed by atoms with Crippen molar-refractivity contribution in [3.8, 4) is 5.75 Å². The molecule has 1 aliphatic rings. The number of unbranched alkanes of at least 4 members (excludes halogenated alkanes) is 2. The topological polar surface area (TPSA) is 21.6 Å². The van der Waals surface area contributed by atoms with Crippen molar-refractivity contribution in [2.24, 2.45) is 4.99 Å². The molecule has 0 fully saturated rings. The van der Waals surface area contributed by atoms with Gasteiger partial charge in [-0.3, -0.25) is 4.99 Å². The van der Waals surface area contributed by atoms with E-state index in [1.807, 2.05) is 12.1 Å². The minimum atomic E-state index is 0.452. The molecule has 2 nitrogen and oxygen atoms in total. The summed E-state index contributed by atoms with van der Waals surface area (Å²) in [6.45, 7) is 0. The summed E-state index contributed by atoms with van der Waals surface area (Å²) in [5.41, 5.74) is 3.93. The molecular formula is C24H29NO. The number of nitrogens with zero attached hydrogens (tertiary/aromatic N) is 1. The molecule has 0 amide bonds. The predicted octanol–water partition coefficient (Wildman–Crippen LogP) is 6.01. The van der Waals surface area contributed by atoms with Crippen molar-refractivity contribution in [3.05, 3.63) is 77.9 Å². The minimum absolute atomic E-state index is 0.452. The average molecular weight is 348 g/mol. The molecule has 2 aromatic carbocycles. The Bertz CT molecular complexity index is 716. The first-order valence-electron chi connectivity index (χ1n) is 9.75. The Morgan fingerprint density at radius 3 is 2.58 bits per heavy atom. The second-order valence-corrected chi connectivity index (χ2v) is 6.94. The number of allylic oxidation sites excluding steroid dienone is 1. The van der Waals surface area contributed by atoms with Crippen LogP contribution < -0.4 is 4.74 Å². The summed E-state index contributed by atoms with van der Waals surface area (Å²) in [7, 11) is 1.70. The molecule has 1 aliphatic heterocycles. The van der Waals surface area contributed by atoms with Gasteiger partial charge in [0.2, 0.25) is 0 Å². The van der Waals surface area contributed by atoms with Crippen LogP contribution in [0, 0.1) is 0 Å². The van der Waals surface area contributed by atoms with Crippen LogP contribution in [0.3, 0.4) is 0 Å². The Balaban J connectivity index is 1.35. The molecule has 0 bridgehead atoms. The first-order valence-corrected chi connectivity index (χ1v) is 9.75. The number of aliphatic imine (C=N–C) groups is 1. The summed E-state index contributed by atoms with van der Waals surface area (Å²) in [5.74, 6) is 0.902. The molecule has 1 heterocycles. The normalized spacial score (nSPS) is 16.8. The van der Waals surface area contributed by atoms with Crippen LogP contribution in [0.4, 0.5) is 0 Å². The first kappa shape index (κ1) is 18.4. The van der Waals surface area contributed by atoms with Crippen LogP contribution in [-0.2, 0) is 6.42 Å². The lowest BCUT2D eigenvalue weighted by Crippen LogP contribution is -1.96. The lowest BCUT2D eigenvalue weighted by molar-refractivity contribution is 0.415. The van der Waals surface area contributed by atoms with Crippen LogP contribution >= 0.6 is 0 Å². The van der Waals surface area contributed by atoms with E-state index in [2.05, 4.69) is 54.6 Å². The first-order chi connectivity index (χ1) is 12.8. The quantitative estimate of drug-likeness (QED) is 0.402. The summed E-state index contributed by atoms with van der Waals surface area (Å²) in [6.07, 6.45) is 12.9. The van der Waals surface area contributed by atoms with Gasteiger partial charge >= 0.3 is 0 Å². The highest BCUT2D eigenvalue weighted by atomic mass is 16.5. The van der Waals surface area contributed by atoms with E-state index in [-0.39, 0.29) is 0 Å². The molecule has 0 saturated carbocycles. The van der Waals surface area contributed by atoms with E-state index in [1.165, 1.54) is 48.9 Å². The highest BCUT2D eigenvalue weighted by Crippen LogP contribution is 2.22. The number of rotatable bonds is 9. The van der Waals surface area contributed by atoms with Crippen molar-refractivity contribution in [1.82, 2.24) is 0 Å². The molecule has 3 rings (SSSR count). The highest BCUT2D eigenvalue weighted by molar-refractivity contribution is 6.01. The van der Waals surface area contributed by atoms with E-state index in [1.54, 1.807) is 7.11 Å². The average Bonchev–Trinajstić information content (AvgIpc) is 3.17. The molecule has 1 unspecified atom stereocenters. The van der Waals surface area contributed by atoms with Gasteiger partial charge in [0.05, 0.1) is 13.2 Å². The fourth-order valence-corrected chi connectivity index (χ4v) is 3.43. The third kappa shape index (κ3) is 5.59. The molecule has 0 spiro atoms. The molecule has 2 aromatic rings. The zero-order valence-corrected chi connectivity index (χ0v) is 15.7. The van der Waals surface area contributed by atoms with E-state index in [9.17, 15) is 0 Å². The smallest absolute Gasteiger partial charge is 0.118 e. The largest absolute Gasteiger partial charge is 0.497 e. The van der Waals surface area contributed by atoms with Gasteiger partial charge in [-0.2, -0.15) is 0 Å². The van der Waals surface area contributed by atoms with Crippen LogP contribution in [0.5, 0.6) is 5.75 Å². The third-order valence-corrected chi connectivity index (χ3v) is 4.98. The Hall–Kier alpha value is -2.35. The highest BCUT2D eigenvalue weighted by Gasteiger charge is 2.17. The van der Waals surface area contributed by atoms with Gasteiger partial charge in [-0.15, -0.1) is 0 Å². The van der Waals surface area contributed by atoms with Crippen LogP contribution in [0.15, 0.2) is 71.7 Å². The van der Waals surface area contributed by atoms with E-state index < -0.39 is 0 Å². The number of methoxy groups -OCH3 is 1. The monoisotopic (exact) mass is 347 g/mol. The van der Waals surface area contributed by atoms with Crippen molar-refractivity contribution in [2.75, 3.05) is 7.11 Å². The summed E-state index contributed by atoms with van der Waals surface area (Å²) < 4.78 is 5.22. The lowest BCUT2D eigenvalue weighted by atomic mass is 10.1. The third-order valence-electron chi connectivity index (χ3n) is 4.98. The number of ether oxygens (including phenoxy) is 1. The van der Waals surface area contributed by atoms with E-state index >= 15 is 0 Å². The van der Waals surface area contributed by atoms with Crippen LogP contribution in [0.25, 0.3) is 0 Å². The van der Waals surface area contributed by atoms with Crippen LogP contribution in [0.2, 0.25) is 0 Å². The number of hydrogen-bond donors (Lipinski definition) is 0. The van der Waals surface area contributed by atoms with Crippen LogP contribution in [-0.4, -0.2) is 18.9 Å². The number of aryl methyl sites for hydroxylation is 1. The van der Waals surface area contributed by atoms with Crippen LogP contribution in [0.1, 0.15) is 49.7 Å². The van der Waals surface area contributed by atoms with E-state index in [0.717, 1.165) is 18.6 Å². The van der Waals surface area contributed by atoms with Crippen molar-refractivity contribution in [2.45, 2.75) is 51.0 Å². The summed E-state index contributed by atoms with van der Waals surface area (Å²) in [5, 5.41) is 0. The summed E-state index contributed by atoms with van der Waals surface area (Å²) in [4.78, 5) is 4.91. The maximum atomic E-state index is 5.22. The van der Waals surface area contributed by atoms with Gasteiger partial charge in [0.25, 0.3) is 0 Å².